The van der Waals surface area contributed by atoms with E-state index < -0.39 is 15.1 Å². The minimum absolute atomic E-state index is 0.0933. The number of amides is 1. The lowest BCUT2D eigenvalue weighted by Crippen LogP contribution is -2.57. The molecule has 1 fully saturated rings. The van der Waals surface area contributed by atoms with Gasteiger partial charge in [-0.15, -0.1) is 0 Å². The number of nitrogens with zero attached hydrogens (tertiary/aromatic N) is 1. The molecule has 2 rings (SSSR count). The number of rotatable bonds is 6. The van der Waals surface area contributed by atoms with E-state index in [-0.39, 0.29) is 42.9 Å². The Morgan fingerprint density at radius 3 is 2.55 bits per heavy atom. The predicted molar refractivity (Wildman–Crippen MR) is 83.7 cm³/mol. The molecule has 1 aliphatic heterocycles. The molecule has 22 heavy (non-hydrogen) atoms. The molecule has 0 saturated carbocycles. The fourth-order valence-corrected chi connectivity index (χ4v) is 4.59. The first kappa shape index (κ1) is 16.9. The Hall–Kier alpha value is -1.43. The van der Waals surface area contributed by atoms with Crippen LogP contribution < -0.4 is 0 Å². The van der Waals surface area contributed by atoms with Crippen molar-refractivity contribution in [3.05, 3.63) is 35.6 Å². The monoisotopic (exact) mass is 327 g/mol. The van der Waals surface area contributed by atoms with E-state index in [9.17, 15) is 17.6 Å². The van der Waals surface area contributed by atoms with Gasteiger partial charge >= 0.3 is 0 Å². The molecule has 0 atom stereocenters. The summed E-state index contributed by atoms with van der Waals surface area (Å²) in [5.41, 5.74) is 0.514. The zero-order valence-corrected chi connectivity index (χ0v) is 13.8. The lowest BCUT2D eigenvalue weighted by Gasteiger charge is -2.39. The highest BCUT2D eigenvalue weighted by Gasteiger charge is 2.39. The minimum Gasteiger partial charge on any atom is -0.340 e. The van der Waals surface area contributed by atoms with Gasteiger partial charge in [0.05, 0.1) is 11.0 Å². The standard InChI is InChI=1S/C16H22FNO3S/c1-12(2)11-22(20,21)14-9-18(10-14)16(19)8-7-13-5-3-4-6-15(13)17/h3-6,12,14H,7-11H2,1-2H3. The van der Waals surface area contributed by atoms with Gasteiger partial charge in [-0.1, -0.05) is 32.0 Å². The largest absolute Gasteiger partial charge is 0.340 e. The van der Waals surface area contributed by atoms with Crippen LogP contribution in [0.1, 0.15) is 25.8 Å². The quantitative estimate of drug-likeness (QED) is 0.803. The summed E-state index contributed by atoms with van der Waals surface area (Å²) in [6, 6.07) is 6.38. The second-order valence-corrected chi connectivity index (χ2v) is 8.56. The van der Waals surface area contributed by atoms with Gasteiger partial charge < -0.3 is 4.90 Å². The second kappa shape index (κ2) is 6.77. The number of likely N-dealkylation sites (tertiary alicyclic amines) is 1. The number of carbonyl (C=O) groups excluding carboxylic acids is 1. The molecule has 0 bridgehead atoms. The highest BCUT2D eigenvalue weighted by molar-refractivity contribution is 7.92. The molecule has 0 unspecified atom stereocenters. The Kier molecular flexibility index (Phi) is 5.21. The van der Waals surface area contributed by atoms with E-state index in [0.717, 1.165) is 0 Å². The van der Waals surface area contributed by atoms with Crippen molar-refractivity contribution < 1.29 is 17.6 Å². The highest BCUT2D eigenvalue weighted by atomic mass is 32.2. The van der Waals surface area contributed by atoms with Crippen LogP contribution in [-0.2, 0) is 21.1 Å². The van der Waals surface area contributed by atoms with Gasteiger partial charge in [0.1, 0.15) is 5.82 Å². The second-order valence-electron chi connectivity index (χ2n) is 6.24. The third-order valence-corrected chi connectivity index (χ3v) is 6.29. The smallest absolute Gasteiger partial charge is 0.222 e. The summed E-state index contributed by atoms with van der Waals surface area (Å²) in [6.07, 6.45) is 0.545. The van der Waals surface area contributed by atoms with Gasteiger partial charge in [0.2, 0.25) is 5.91 Å². The fourth-order valence-electron chi connectivity index (χ4n) is 2.57. The third kappa shape index (κ3) is 4.06. The van der Waals surface area contributed by atoms with Crippen LogP contribution in [0.2, 0.25) is 0 Å². The summed E-state index contributed by atoms with van der Waals surface area (Å²) in [5.74, 6) is -0.166. The van der Waals surface area contributed by atoms with Crippen molar-refractivity contribution in [2.75, 3.05) is 18.8 Å². The number of halogens is 1. The topological polar surface area (TPSA) is 54.5 Å². The van der Waals surface area contributed by atoms with Crippen LogP contribution in [0.3, 0.4) is 0 Å². The Morgan fingerprint density at radius 1 is 1.32 bits per heavy atom. The van der Waals surface area contributed by atoms with Crippen LogP contribution in [0.15, 0.2) is 24.3 Å². The summed E-state index contributed by atoms with van der Waals surface area (Å²) in [7, 11) is -3.12. The van der Waals surface area contributed by atoms with Gasteiger partial charge in [0.15, 0.2) is 9.84 Å². The highest BCUT2D eigenvalue weighted by Crippen LogP contribution is 2.20. The van der Waals surface area contributed by atoms with Crippen molar-refractivity contribution in [2.24, 2.45) is 5.92 Å². The van der Waals surface area contributed by atoms with E-state index in [1.54, 1.807) is 23.1 Å². The van der Waals surface area contributed by atoms with Crippen molar-refractivity contribution in [1.82, 2.24) is 4.90 Å². The molecule has 0 N–H and O–H groups in total. The summed E-state index contributed by atoms with van der Waals surface area (Å²) >= 11 is 0. The number of hydrogen-bond acceptors (Lipinski definition) is 3. The van der Waals surface area contributed by atoms with Crippen LogP contribution in [0, 0.1) is 11.7 Å². The molecule has 1 saturated heterocycles. The van der Waals surface area contributed by atoms with E-state index in [0.29, 0.717) is 12.0 Å². The first-order valence-electron chi connectivity index (χ1n) is 7.52. The maximum absolute atomic E-state index is 13.5. The molecule has 4 nitrogen and oxygen atoms in total. The van der Waals surface area contributed by atoms with E-state index in [4.69, 9.17) is 0 Å². The van der Waals surface area contributed by atoms with Crippen LogP contribution in [0.4, 0.5) is 4.39 Å². The Morgan fingerprint density at radius 2 is 1.95 bits per heavy atom. The molecule has 0 aromatic heterocycles. The summed E-state index contributed by atoms with van der Waals surface area (Å²) in [6.45, 7) is 4.28. The van der Waals surface area contributed by atoms with Gasteiger partial charge in [-0.2, -0.15) is 0 Å². The Balaban J connectivity index is 1.81. The Bertz CT molecular complexity index is 637. The van der Waals surface area contributed by atoms with Crippen molar-refractivity contribution in [3.8, 4) is 0 Å². The van der Waals surface area contributed by atoms with Gasteiger partial charge in [-0.05, 0) is 24.0 Å². The maximum atomic E-state index is 13.5. The first-order valence-corrected chi connectivity index (χ1v) is 9.24. The van der Waals surface area contributed by atoms with Crippen molar-refractivity contribution in [3.63, 3.8) is 0 Å². The third-order valence-electron chi connectivity index (χ3n) is 3.84. The zero-order valence-electron chi connectivity index (χ0n) is 13.0. The molecule has 0 radical (unpaired) electrons. The van der Waals surface area contributed by atoms with Crippen molar-refractivity contribution in [1.29, 1.82) is 0 Å². The molecule has 1 aromatic rings. The molecule has 122 valence electrons. The molecule has 0 spiro atoms. The zero-order chi connectivity index (χ0) is 16.3. The summed E-state index contributed by atoms with van der Waals surface area (Å²) in [5, 5.41) is -0.438. The normalized spacial score (nSPS) is 15.9. The molecule has 0 aliphatic carbocycles. The minimum atomic E-state index is -3.12. The lowest BCUT2D eigenvalue weighted by atomic mass is 10.1. The van der Waals surface area contributed by atoms with Gasteiger partial charge in [-0.3, -0.25) is 4.79 Å². The van der Waals surface area contributed by atoms with Crippen LogP contribution >= 0.6 is 0 Å². The average molecular weight is 327 g/mol. The summed E-state index contributed by atoms with van der Waals surface area (Å²) in [4.78, 5) is 13.6. The molecule has 1 heterocycles. The van der Waals surface area contributed by atoms with E-state index >= 15 is 0 Å². The fraction of sp³-hybridized carbons (Fsp3) is 0.562. The first-order chi connectivity index (χ1) is 10.3. The molecule has 1 aromatic carbocycles. The van der Waals surface area contributed by atoms with E-state index in [1.165, 1.54) is 6.07 Å². The van der Waals surface area contributed by atoms with Crippen molar-refractivity contribution >= 4 is 15.7 Å². The predicted octanol–water partition coefficient (Wildman–Crippen LogP) is 2.04. The molecule has 6 heteroatoms. The number of sulfone groups is 1. The van der Waals surface area contributed by atoms with E-state index in [2.05, 4.69) is 0 Å². The van der Waals surface area contributed by atoms with E-state index in [1.807, 2.05) is 13.8 Å². The maximum Gasteiger partial charge on any atom is 0.222 e. The number of aryl methyl sites for hydroxylation is 1. The number of benzene rings is 1. The molecular formula is C16H22FNO3S. The summed E-state index contributed by atoms with van der Waals surface area (Å²) < 4.78 is 37.5. The average Bonchev–Trinajstić information content (AvgIpc) is 2.33. The van der Waals surface area contributed by atoms with Gasteiger partial charge in [0.25, 0.3) is 0 Å². The number of carbonyl (C=O) groups is 1. The van der Waals surface area contributed by atoms with Crippen LogP contribution in [0.25, 0.3) is 0 Å². The van der Waals surface area contributed by atoms with Gasteiger partial charge in [0, 0.05) is 19.5 Å². The number of hydrogen-bond donors (Lipinski definition) is 0. The molecule has 1 amide bonds. The van der Waals surface area contributed by atoms with Crippen LogP contribution in [0.5, 0.6) is 0 Å². The SMILES string of the molecule is CC(C)CS(=O)(=O)C1CN(C(=O)CCc2ccccc2F)C1. The molecular weight excluding hydrogens is 305 g/mol. The van der Waals surface area contributed by atoms with Crippen LogP contribution in [-0.4, -0.2) is 43.3 Å². The Labute approximate surface area is 131 Å². The molecule has 1 aliphatic rings. The van der Waals surface area contributed by atoms with Gasteiger partial charge in [-0.25, -0.2) is 12.8 Å². The van der Waals surface area contributed by atoms with Crippen molar-refractivity contribution in [2.45, 2.75) is 31.9 Å². The lowest BCUT2D eigenvalue weighted by molar-refractivity contribution is -0.134.